The van der Waals surface area contributed by atoms with Gasteiger partial charge >= 0.3 is 0 Å². The molecule has 0 unspecified atom stereocenters. The topological polar surface area (TPSA) is 69.2 Å². The maximum Gasteiger partial charge on any atom is 0.160 e. The fourth-order valence-corrected chi connectivity index (χ4v) is 2.71. The van der Waals surface area contributed by atoms with Gasteiger partial charge in [0.05, 0.1) is 39.6 Å². The van der Waals surface area contributed by atoms with Crippen molar-refractivity contribution in [2.75, 3.05) is 47.1 Å². The van der Waals surface area contributed by atoms with Gasteiger partial charge in [0.2, 0.25) is 0 Å². The molecule has 0 radical (unpaired) electrons. The Morgan fingerprint density at radius 1 is 1.29 bits per heavy atom. The molecule has 0 bridgehead atoms. The fourth-order valence-electron chi connectivity index (χ4n) is 2.71. The normalized spacial score (nSPS) is 18.5. The fraction of sp³-hybridized carbons (Fsp3) is 0.667. The Kier molecular flexibility index (Phi) is 8.32. The van der Waals surface area contributed by atoms with Gasteiger partial charge in [-0.3, -0.25) is 0 Å². The van der Waals surface area contributed by atoms with Gasteiger partial charge in [0.1, 0.15) is 0 Å². The minimum absolute atomic E-state index is 0.204. The van der Waals surface area contributed by atoms with E-state index in [1.54, 1.807) is 14.2 Å². The standard InChI is InChI=1S/C18H29NO5/c1-21-17-6-5-14(10-18(17)22-2)7-8-19-11-15(20)12-23-13-16-4-3-9-24-16/h5-6,10,15-16,19-20H,3-4,7-9,11-13H2,1-2H3/t15-,16-/m0/s1. The summed E-state index contributed by atoms with van der Waals surface area (Å²) < 4.78 is 21.5. The molecule has 2 rings (SSSR count). The molecule has 2 N–H and O–H groups in total. The highest BCUT2D eigenvalue weighted by molar-refractivity contribution is 5.42. The summed E-state index contributed by atoms with van der Waals surface area (Å²) in [5.41, 5.74) is 1.16. The summed E-state index contributed by atoms with van der Waals surface area (Å²) in [6.45, 7) is 3.03. The molecule has 0 spiro atoms. The van der Waals surface area contributed by atoms with Gasteiger partial charge in [-0.05, 0) is 43.5 Å². The van der Waals surface area contributed by atoms with Crippen molar-refractivity contribution in [3.8, 4) is 11.5 Å². The summed E-state index contributed by atoms with van der Waals surface area (Å²) in [4.78, 5) is 0. The lowest BCUT2D eigenvalue weighted by Gasteiger charge is -2.15. The van der Waals surface area contributed by atoms with Crippen molar-refractivity contribution in [2.24, 2.45) is 0 Å². The monoisotopic (exact) mass is 339 g/mol. The van der Waals surface area contributed by atoms with Crippen molar-refractivity contribution < 1.29 is 24.1 Å². The van der Waals surface area contributed by atoms with E-state index in [0.29, 0.717) is 19.8 Å². The van der Waals surface area contributed by atoms with Crippen LogP contribution in [0.25, 0.3) is 0 Å². The summed E-state index contributed by atoms with van der Waals surface area (Å²) in [5.74, 6) is 1.46. The SMILES string of the molecule is COc1ccc(CCNC[C@H](O)COC[C@@H]2CCCO2)cc1OC. The van der Waals surface area contributed by atoms with Crippen molar-refractivity contribution in [3.63, 3.8) is 0 Å². The third-order valence-corrected chi connectivity index (χ3v) is 4.06. The van der Waals surface area contributed by atoms with E-state index in [1.807, 2.05) is 18.2 Å². The van der Waals surface area contributed by atoms with Crippen molar-refractivity contribution in [3.05, 3.63) is 23.8 Å². The van der Waals surface area contributed by atoms with Crippen LogP contribution in [0.4, 0.5) is 0 Å². The predicted octanol–water partition coefficient (Wildman–Crippen LogP) is 1.39. The van der Waals surface area contributed by atoms with Gasteiger partial charge in [0.15, 0.2) is 11.5 Å². The molecule has 0 saturated carbocycles. The van der Waals surface area contributed by atoms with Crippen LogP contribution in [-0.2, 0) is 15.9 Å². The molecule has 0 aliphatic carbocycles. The zero-order chi connectivity index (χ0) is 17.2. The summed E-state index contributed by atoms with van der Waals surface area (Å²) >= 11 is 0. The van der Waals surface area contributed by atoms with Gasteiger partial charge in [0.25, 0.3) is 0 Å². The van der Waals surface area contributed by atoms with Gasteiger partial charge in [-0.15, -0.1) is 0 Å². The summed E-state index contributed by atoms with van der Waals surface area (Å²) in [6, 6.07) is 5.90. The number of nitrogens with one attached hydrogen (secondary N) is 1. The van der Waals surface area contributed by atoms with Gasteiger partial charge < -0.3 is 29.4 Å². The Balaban J connectivity index is 1.58. The first kappa shape index (κ1) is 19.0. The lowest BCUT2D eigenvalue weighted by atomic mass is 10.1. The Morgan fingerprint density at radius 3 is 2.83 bits per heavy atom. The largest absolute Gasteiger partial charge is 0.493 e. The van der Waals surface area contributed by atoms with E-state index >= 15 is 0 Å². The number of methoxy groups -OCH3 is 2. The molecule has 0 amide bonds. The van der Waals surface area contributed by atoms with Crippen LogP contribution in [0.2, 0.25) is 0 Å². The molecule has 0 aromatic heterocycles. The van der Waals surface area contributed by atoms with E-state index in [-0.39, 0.29) is 6.10 Å². The van der Waals surface area contributed by atoms with Gasteiger partial charge in [-0.2, -0.15) is 0 Å². The van der Waals surface area contributed by atoms with E-state index < -0.39 is 6.10 Å². The first-order valence-corrected chi connectivity index (χ1v) is 8.52. The molecule has 1 aliphatic heterocycles. The Labute approximate surface area is 144 Å². The van der Waals surface area contributed by atoms with Crippen LogP contribution in [0.3, 0.4) is 0 Å². The summed E-state index contributed by atoms with van der Waals surface area (Å²) in [6.07, 6.45) is 2.71. The highest BCUT2D eigenvalue weighted by Crippen LogP contribution is 2.27. The van der Waals surface area contributed by atoms with Crippen molar-refractivity contribution >= 4 is 0 Å². The summed E-state index contributed by atoms with van der Waals surface area (Å²) in [5, 5.41) is 13.2. The van der Waals surface area contributed by atoms with E-state index in [1.165, 1.54) is 0 Å². The maximum absolute atomic E-state index is 9.91. The van der Waals surface area contributed by atoms with Gasteiger partial charge in [-0.1, -0.05) is 6.07 Å². The maximum atomic E-state index is 9.91. The number of aliphatic hydroxyl groups is 1. The molecule has 1 heterocycles. The molecule has 6 nitrogen and oxygen atoms in total. The molecule has 1 saturated heterocycles. The highest BCUT2D eigenvalue weighted by Gasteiger charge is 2.16. The third kappa shape index (κ3) is 6.28. The average molecular weight is 339 g/mol. The van der Waals surface area contributed by atoms with Gasteiger partial charge in [0, 0.05) is 13.2 Å². The Hall–Kier alpha value is -1.34. The number of rotatable bonds is 11. The molecule has 1 aromatic rings. The number of ether oxygens (including phenoxy) is 4. The van der Waals surface area contributed by atoms with Crippen LogP contribution < -0.4 is 14.8 Å². The van der Waals surface area contributed by atoms with Crippen LogP contribution in [0.5, 0.6) is 11.5 Å². The van der Waals surface area contributed by atoms with E-state index in [9.17, 15) is 5.11 Å². The van der Waals surface area contributed by atoms with Crippen LogP contribution in [-0.4, -0.2) is 64.4 Å². The predicted molar refractivity (Wildman–Crippen MR) is 91.9 cm³/mol. The molecule has 6 heteroatoms. The molecule has 1 aliphatic rings. The second-order valence-corrected chi connectivity index (χ2v) is 5.97. The number of hydrogen-bond donors (Lipinski definition) is 2. The molecular formula is C18H29NO5. The Morgan fingerprint density at radius 2 is 2.12 bits per heavy atom. The number of benzene rings is 1. The second-order valence-electron chi connectivity index (χ2n) is 5.97. The van der Waals surface area contributed by atoms with Crippen molar-refractivity contribution in [2.45, 2.75) is 31.5 Å². The van der Waals surface area contributed by atoms with Crippen LogP contribution in [0, 0.1) is 0 Å². The van der Waals surface area contributed by atoms with Crippen molar-refractivity contribution in [1.29, 1.82) is 0 Å². The minimum atomic E-state index is -0.503. The van der Waals surface area contributed by atoms with Gasteiger partial charge in [-0.25, -0.2) is 0 Å². The zero-order valence-corrected chi connectivity index (χ0v) is 14.6. The molecule has 1 fully saturated rings. The molecular weight excluding hydrogens is 310 g/mol. The minimum Gasteiger partial charge on any atom is -0.493 e. The first-order chi connectivity index (χ1) is 11.7. The highest BCUT2D eigenvalue weighted by atomic mass is 16.5. The van der Waals surface area contributed by atoms with Crippen LogP contribution >= 0.6 is 0 Å². The average Bonchev–Trinajstić information content (AvgIpc) is 3.12. The molecule has 1 aromatic carbocycles. The van der Waals surface area contributed by atoms with E-state index in [4.69, 9.17) is 18.9 Å². The molecule has 136 valence electrons. The first-order valence-electron chi connectivity index (χ1n) is 8.52. The Bertz CT molecular complexity index is 476. The second kappa shape index (κ2) is 10.5. The lowest BCUT2D eigenvalue weighted by Crippen LogP contribution is -2.32. The third-order valence-electron chi connectivity index (χ3n) is 4.06. The molecule has 2 atom stereocenters. The smallest absolute Gasteiger partial charge is 0.160 e. The van der Waals surface area contributed by atoms with Crippen LogP contribution in [0.1, 0.15) is 18.4 Å². The van der Waals surface area contributed by atoms with E-state index in [2.05, 4.69) is 5.32 Å². The van der Waals surface area contributed by atoms with E-state index in [0.717, 1.165) is 49.5 Å². The molecule has 24 heavy (non-hydrogen) atoms. The number of hydrogen-bond acceptors (Lipinski definition) is 6. The quantitative estimate of drug-likeness (QED) is 0.594. The lowest BCUT2D eigenvalue weighted by molar-refractivity contribution is -0.0163. The summed E-state index contributed by atoms with van der Waals surface area (Å²) in [7, 11) is 3.26. The number of aliphatic hydroxyl groups excluding tert-OH is 1. The van der Waals surface area contributed by atoms with Crippen molar-refractivity contribution in [1.82, 2.24) is 5.32 Å². The zero-order valence-electron chi connectivity index (χ0n) is 14.6. The van der Waals surface area contributed by atoms with Crippen LogP contribution in [0.15, 0.2) is 18.2 Å².